The molecule has 0 aliphatic carbocycles. The first kappa shape index (κ1) is 27.4. The van der Waals surface area contributed by atoms with Crippen molar-refractivity contribution < 1.29 is 29.3 Å². The number of carboxylic acid groups (broad SMARTS) is 2. The number of hydrogen-bond acceptors (Lipinski definition) is 4. The van der Waals surface area contributed by atoms with E-state index in [4.69, 9.17) is 14.6 Å². The van der Waals surface area contributed by atoms with E-state index in [2.05, 4.69) is 12.1 Å². The Morgan fingerprint density at radius 3 is 2.19 bits per heavy atom. The molecule has 0 spiro atoms. The lowest BCUT2D eigenvalue weighted by molar-refractivity contribution is -0.150. The van der Waals surface area contributed by atoms with Gasteiger partial charge in [0.2, 0.25) is 0 Å². The van der Waals surface area contributed by atoms with Crippen LogP contribution in [0.15, 0.2) is 84.9 Å². The third-order valence-corrected chi connectivity index (χ3v) is 5.96. The third kappa shape index (κ3) is 8.19. The van der Waals surface area contributed by atoms with Gasteiger partial charge in [-0.05, 0) is 84.0 Å². The van der Waals surface area contributed by atoms with Crippen molar-refractivity contribution in [2.45, 2.75) is 33.3 Å². The molecule has 0 aromatic heterocycles. The molecule has 0 unspecified atom stereocenters. The van der Waals surface area contributed by atoms with Crippen molar-refractivity contribution in [2.75, 3.05) is 13.2 Å². The SMILES string of the molecule is CCO[C@@H](Cc1ccc(OC/C=C(/C)c2ccc(-c3cccc(/C(C)=C/C(=O)O)c3)cc2)cc1)C(=O)O. The molecule has 0 fully saturated rings. The molecule has 0 heterocycles. The minimum Gasteiger partial charge on any atom is -0.490 e. The van der Waals surface area contributed by atoms with Gasteiger partial charge in [0.05, 0.1) is 0 Å². The van der Waals surface area contributed by atoms with Crippen molar-refractivity contribution in [3.05, 3.63) is 102 Å². The van der Waals surface area contributed by atoms with E-state index < -0.39 is 18.0 Å². The number of aliphatic carboxylic acids is 2. The molecule has 3 aromatic rings. The fourth-order valence-electron chi connectivity index (χ4n) is 3.87. The standard InChI is InChI=1S/C31H32O6/c1-4-36-29(31(34)35)19-23-8-14-28(15-9-23)37-17-16-21(2)24-10-12-25(13-11-24)27-7-5-6-26(20-27)22(3)18-30(32)33/h5-16,18,20,29H,4,17,19H2,1-3H3,(H,32,33)(H,34,35)/b21-16-,22-18+/t29-/m0/s1. The summed E-state index contributed by atoms with van der Waals surface area (Å²) in [6.07, 6.45) is 2.68. The lowest BCUT2D eigenvalue weighted by Gasteiger charge is -2.12. The predicted molar refractivity (Wildman–Crippen MR) is 146 cm³/mol. The summed E-state index contributed by atoms with van der Waals surface area (Å²) in [5.74, 6) is -1.22. The number of carbonyl (C=O) groups is 2. The van der Waals surface area contributed by atoms with Crippen LogP contribution in [0.2, 0.25) is 0 Å². The fourth-order valence-corrected chi connectivity index (χ4v) is 3.87. The maximum atomic E-state index is 11.3. The van der Waals surface area contributed by atoms with Crippen molar-refractivity contribution in [2.24, 2.45) is 0 Å². The fraction of sp³-hybridized carbons (Fsp3) is 0.226. The third-order valence-electron chi connectivity index (χ3n) is 5.96. The van der Waals surface area contributed by atoms with Crippen molar-refractivity contribution >= 4 is 23.1 Å². The maximum Gasteiger partial charge on any atom is 0.333 e. The van der Waals surface area contributed by atoms with E-state index in [0.29, 0.717) is 31.0 Å². The Hall–Kier alpha value is -4.16. The summed E-state index contributed by atoms with van der Waals surface area (Å²) in [7, 11) is 0. The molecule has 2 N–H and O–H groups in total. The van der Waals surface area contributed by atoms with Gasteiger partial charge in [-0.25, -0.2) is 9.59 Å². The van der Waals surface area contributed by atoms with E-state index in [1.54, 1.807) is 13.8 Å². The van der Waals surface area contributed by atoms with E-state index in [-0.39, 0.29) is 0 Å². The van der Waals surface area contributed by atoms with Crippen LogP contribution in [0, 0.1) is 0 Å². The monoisotopic (exact) mass is 500 g/mol. The zero-order chi connectivity index (χ0) is 26.8. The van der Waals surface area contributed by atoms with Crippen molar-refractivity contribution in [3.63, 3.8) is 0 Å². The van der Waals surface area contributed by atoms with Gasteiger partial charge in [0.25, 0.3) is 0 Å². The minimum atomic E-state index is -0.965. The van der Waals surface area contributed by atoms with Crippen LogP contribution in [0.4, 0.5) is 0 Å². The molecule has 1 atom stereocenters. The smallest absolute Gasteiger partial charge is 0.333 e. The number of benzene rings is 3. The van der Waals surface area contributed by atoms with Gasteiger partial charge in [0.15, 0.2) is 6.10 Å². The summed E-state index contributed by atoms with van der Waals surface area (Å²) in [5.41, 5.74) is 6.68. The van der Waals surface area contributed by atoms with E-state index in [9.17, 15) is 14.7 Å². The topological polar surface area (TPSA) is 93.1 Å². The highest BCUT2D eigenvalue weighted by Crippen LogP contribution is 2.26. The first-order valence-corrected chi connectivity index (χ1v) is 12.1. The summed E-state index contributed by atoms with van der Waals surface area (Å²) in [6, 6.07) is 23.4. The molecular weight excluding hydrogens is 468 g/mol. The zero-order valence-electron chi connectivity index (χ0n) is 21.3. The summed E-state index contributed by atoms with van der Waals surface area (Å²) in [5, 5.41) is 18.2. The van der Waals surface area contributed by atoms with Gasteiger partial charge >= 0.3 is 11.9 Å². The van der Waals surface area contributed by atoms with Crippen LogP contribution in [0.25, 0.3) is 22.3 Å². The Balaban J connectivity index is 1.60. The second-order valence-corrected chi connectivity index (χ2v) is 8.65. The lowest BCUT2D eigenvalue weighted by atomic mass is 9.97. The van der Waals surface area contributed by atoms with Crippen LogP contribution in [0.3, 0.4) is 0 Å². The number of ether oxygens (including phenoxy) is 2. The number of rotatable bonds is 12. The quantitative estimate of drug-likeness (QED) is 0.281. The van der Waals surface area contributed by atoms with Crippen LogP contribution in [0.1, 0.15) is 37.5 Å². The van der Waals surface area contributed by atoms with Gasteiger partial charge in [-0.15, -0.1) is 0 Å². The second kappa shape index (κ2) is 13.2. The first-order valence-electron chi connectivity index (χ1n) is 12.1. The van der Waals surface area contributed by atoms with Gasteiger partial charge in [0.1, 0.15) is 12.4 Å². The molecule has 0 saturated carbocycles. The highest BCUT2D eigenvalue weighted by Gasteiger charge is 2.17. The average Bonchev–Trinajstić information content (AvgIpc) is 2.89. The molecule has 0 amide bonds. The molecule has 0 aliphatic rings. The molecule has 0 radical (unpaired) electrons. The summed E-state index contributed by atoms with van der Waals surface area (Å²) >= 11 is 0. The molecule has 0 bridgehead atoms. The van der Waals surface area contributed by atoms with Crippen molar-refractivity contribution in [1.29, 1.82) is 0 Å². The van der Waals surface area contributed by atoms with Crippen LogP contribution < -0.4 is 4.74 Å². The Labute approximate surface area is 217 Å². The Kier molecular flexibility index (Phi) is 9.81. The van der Waals surface area contributed by atoms with Gasteiger partial charge in [-0.2, -0.15) is 0 Å². The van der Waals surface area contributed by atoms with E-state index in [0.717, 1.165) is 33.4 Å². The van der Waals surface area contributed by atoms with Crippen LogP contribution in [0.5, 0.6) is 5.75 Å². The predicted octanol–water partition coefficient (Wildman–Crippen LogP) is 6.36. The van der Waals surface area contributed by atoms with Crippen LogP contribution in [-0.2, 0) is 20.7 Å². The zero-order valence-corrected chi connectivity index (χ0v) is 21.3. The molecule has 3 aromatic carbocycles. The van der Waals surface area contributed by atoms with Gasteiger partial charge in [0, 0.05) is 19.1 Å². The Bertz CT molecular complexity index is 1270. The van der Waals surface area contributed by atoms with Crippen LogP contribution >= 0.6 is 0 Å². The first-order chi connectivity index (χ1) is 17.8. The molecule has 0 aliphatic heterocycles. The highest BCUT2D eigenvalue weighted by molar-refractivity contribution is 5.90. The molecule has 3 rings (SSSR count). The molecule has 37 heavy (non-hydrogen) atoms. The second-order valence-electron chi connectivity index (χ2n) is 8.65. The molecule has 0 saturated heterocycles. The van der Waals surface area contributed by atoms with E-state index >= 15 is 0 Å². The number of hydrogen-bond donors (Lipinski definition) is 2. The van der Waals surface area contributed by atoms with E-state index in [1.807, 2.05) is 73.7 Å². The number of allylic oxidation sites excluding steroid dienone is 2. The summed E-state index contributed by atoms with van der Waals surface area (Å²) in [4.78, 5) is 22.2. The van der Waals surface area contributed by atoms with Gasteiger partial charge in [-0.3, -0.25) is 0 Å². The largest absolute Gasteiger partial charge is 0.490 e. The Morgan fingerprint density at radius 2 is 1.57 bits per heavy atom. The normalized spacial score (nSPS) is 12.7. The lowest BCUT2D eigenvalue weighted by Crippen LogP contribution is -2.26. The van der Waals surface area contributed by atoms with E-state index in [1.165, 1.54) is 6.08 Å². The molecule has 192 valence electrons. The molecule has 6 nitrogen and oxygen atoms in total. The summed E-state index contributed by atoms with van der Waals surface area (Å²) in [6.45, 7) is 6.35. The average molecular weight is 501 g/mol. The Morgan fingerprint density at radius 1 is 0.865 bits per heavy atom. The maximum absolute atomic E-state index is 11.3. The van der Waals surface area contributed by atoms with Crippen molar-refractivity contribution in [3.8, 4) is 16.9 Å². The minimum absolute atomic E-state index is 0.307. The molecular formula is C31H32O6. The van der Waals surface area contributed by atoms with Crippen molar-refractivity contribution in [1.82, 2.24) is 0 Å². The van der Waals surface area contributed by atoms with Crippen LogP contribution in [-0.4, -0.2) is 41.5 Å². The summed E-state index contributed by atoms with van der Waals surface area (Å²) < 4.78 is 11.1. The number of carboxylic acids is 2. The molecule has 6 heteroatoms. The van der Waals surface area contributed by atoms with Gasteiger partial charge in [-0.1, -0.05) is 54.6 Å². The van der Waals surface area contributed by atoms with Gasteiger partial charge < -0.3 is 19.7 Å². The highest BCUT2D eigenvalue weighted by atomic mass is 16.5.